The summed E-state index contributed by atoms with van der Waals surface area (Å²) in [7, 11) is 0. The largest absolute Gasteiger partial charge is 0.393 e. The van der Waals surface area contributed by atoms with Gasteiger partial charge in [0.1, 0.15) is 0 Å². The van der Waals surface area contributed by atoms with Gasteiger partial charge < -0.3 is 20.5 Å². The molecule has 4 aliphatic rings. The molecule has 3 saturated carbocycles. The van der Waals surface area contributed by atoms with E-state index in [1.54, 1.807) is 11.9 Å². The Morgan fingerprint density at radius 1 is 1.08 bits per heavy atom. The van der Waals surface area contributed by atoms with E-state index in [9.17, 15) is 10.2 Å². The molecule has 9 atom stereocenters. The highest BCUT2D eigenvalue weighted by Gasteiger charge is 2.64. The van der Waals surface area contributed by atoms with Crippen LogP contribution in [0.4, 0.5) is 0 Å². The number of allylic oxidation sites excluding steroid dienone is 1. The molecule has 0 saturated heterocycles. The van der Waals surface area contributed by atoms with Crippen molar-refractivity contribution in [1.82, 2.24) is 15.3 Å². The van der Waals surface area contributed by atoms with Crippen LogP contribution in [0.1, 0.15) is 105 Å². The number of rotatable bonds is 9. The van der Waals surface area contributed by atoms with Crippen LogP contribution in [-0.4, -0.2) is 44.5 Å². The zero-order valence-electron chi connectivity index (χ0n) is 24.1. The molecule has 4 N–H and O–H groups in total. The highest BCUT2D eigenvalue weighted by molar-refractivity contribution is 5.34. The first kappa shape index (κ1) is 27.4. The van der Waals surface area contributed by atoms with Crippen LogP contribution < -0.4 is 5.32 Å². The molecule has 3 unspecified atom stereocenters. The minimum absolute atomic E-state index is 0.119. The van der Waals surface area contributed by atoms with Gasteiger partial charge in [-0.1, -0.05) is 65.5 Å². The van der Waals surface area contributed by atoms with Gasteiger partial charge in [0, 0.05) is 36.7 Å². The Labute approximate surface area is 225 Å². The summed E-state index contributed by atoms with van der Waals surface area (Å²) in [5.41, 5.74) is 2.03. The Balaban J connectivity index is 1.40. The molecular weight excluding hydrogens is 458 g/mol. The van der Waals surface area contributed by atoms with E-state index in [1.807, 2.05) is 6.20 Å². The van der Waals surface area contributed by atoms with Crippen molar-refractivity contribution in [2.75, 3.05) is 6.54 Å². The summed E-state index contributed by atoms with van der Waals surface area (Å²) in [5, 5.41) is 26.8. The molecular formula is C32H53N3O2. The standard InChI is InChI=1S/C32H53N3O2/c1-21(2)7-6-8-22(3)26-9-10-27-25-17-29(34-16-13-23-19-33-20-35-23)32(37)18-24(36)11-15-31(32,5)28(25)12-14-30(26,27)4/h17,19-22,24,26-29,34,36-37H,6-16,18H2,1-5H3,(H,33,35)/t22?,24-,26+,27?,28?,29+,30+,31+,32-/m0/s1. The van der Waals surface area contributed by atoms with E-state index < -0.39 is 11.7 Å². The Bertz CT molecular complexity index is 944. The fourth-order valence-corrected chi connectivity index (χ4v) is 9.62. The number of H-pyrrole nitrogens is 1. The number of aromatic nitrogens is 2. The van der Waals surface area contributed by atoms with Gasteiger partial charge in [-0.15, -0.1) is 0 Å². The third kappa shape index (κ3) is 4.76. The number of aliphatic hydroxyl groups excluding tert-OH is 1. The van der Waals surface area contributed by atoms with Crippen molar-refractivity contribution in [2.45, 2.75) is 123 Å². The monoisotopic (exact) mass is 511 g/mol. The topological polar surface area (TPSA) is 81.2 Å². The molecule has 0 amide bonds. The fourth-order valence-electron chi connectivity index (χ4n) is 9.62. The van der Waals surface area contributed by atoms with Gasteiger partial charge in [-0.2, -0.15) is 0 Å². The van der Waals surface area contributed by atoms with Crippen LogP contribution in [0, 0.1) is 40.4 Å². The average Bonchev–Trinajstić information content (AvgIpc) is 3.48. The van der Waals surface area contributed by atoms with Crippen molar-refractivity contribution in [3.8, 4) is 0 Å². The maximum atomic E-state index is 12.4. The molecule has 1 heterocycles. The number of nitrogens with zero attached hydrogens (tertiary/aromatic N) is 1. The molecule has 37 heavy (non-hydrogen) atoms. The summed E-state index contributed by atoms with van der Waals surface area (Å²) in [6, 6.07) is -0.119. The normalized spacial score (nSPS) is 42.2. The summed E-state index contributed by atoms with van der Waals surface area (Å²) < 4.78 is 0. The molecule has 3 fully saturated rings. The van der Waals surface area contributed by atoms with E-state index >= 15 is 0 Å². The van der Waals surface area contributed by atoms with E-state index in [1.165, 1.54) is 44.9 Å². The molecule has 5 nitrogen and oxygen atoms in total. The quantitative estimate of drug-likeness (QED) is 0.305. The van der Waals surface area contributed by atoms with Gasteiger partial charge in [0.15, 0.2) is 0 Å². The summed E-state index contributed by atoms with van der Waals surface area (Å²) in [6.45, 7) is 13.0. The van der Waals surface area contributed by atoms with Crippen LogP contribution in [0.2, 0.25) is 0 Å². The number of hydrogen-bond acceptors (Lipinski definition) is 4. The van der Waals surface area contributed by atoms with E-state index in [4.69, 9.17) is 0 Å². The number of nitrogens with one attached hydrogen (secondary N) is 2. The van der Waals surface area contributed by atoms with Gasteiger partial charge in [0.2, 0.25) is 0 Å². The van der Waals surface area contributed by atoms with Crippen LogP contribution in [0.5, 0.6) is 0 Å². The summed E-state index contributed by atoms with van der Waals surface area (Å²) in [5.74, 6) is 3.46. The molecule has 0 radical (unpaired) electrons. The molecule has 1 aromatic heterocycles. The summed E-state index contributed by atoms with van der Waals surface area (Å²) in [4.78, 5) is 7.36. The first-order chi connectivity index (χ1) is 17.6. The smallest absolute Gasteiger partial charge is 0.0921 e. The van der Waals surface area contributed by atoms with Gasteiger partial charge in [-0.3, -0.25) is 0 Å². The number of fused-ring (bicyclic) bond motifs is 5. The van der Waals surface area contributed by atoms with E-state index in [0.717, 1.165) is 49.3 Å². The third-order valence-electron chi connectivity index (χ3n) is 11.8. The molecule has 208 valence electrons. The molecule has 0 aromatic carbocycles. The van der Waals surface area contributed by atoms with Gasteiger partial charge in [-0.05, 0) is 73.5 Å². The van der Waals surface area contributed by atoms with Crippen LogP contribution in [-0.2, 0) is 6.42 Å². The Hall–Kier alpha value is -1.17. The van der Waals surface area contributed by atoms with Gasteiger partial charge >= 0.3 is 0 Å². The zero-order valence-corrected chi connectivity index (χ0v) is 24.1. The van der Waals surface area contributed by atoms with E-state index in [0.29, 0.717) is 23.7 Å². The lowest BCUT2D eigenvalue weighted by molar-refractivity contribution is -0.181. The fraction of sp³-hybridized carbons (Fsp3) is 0.844. The number of aromatic amines is 1. The lowest BCUT2D eigenvalue weighted by Gasteiger charge is -2.63. The van der Waals surface area contributed by atoms with Crippen LogP contribution in [0.3, 0.4) is 0 Å². The molecule has 1 aromatic rings. The molecule has 4 aliphatic carbocycles. The van der Waals surface area contributed by atoms with Gasteiger partial charge in [-0.25, -0.2) is 4.98 Å². The Morgan fingerprint density at radius 3 is 2.62 bits per heavy atom. The van der Waals surface area contributed by atoms with Crippen LogP contribution in [0.15, 0.2) is 24.2 Å². The predicted octanol–water partition coefficient (Wildman–Crippen LogP) is 6.04. The maximum Gasteiger partial charge on any atom is 0.0921 e. The molecule has 0 aliphatic heterocycles. The minimum Gasteiger partial charge on any atom is -0.393 e. The molecule has 0 spiro atoms. The second kappa shape index (κ2) is 10.4. The minimum atomic E-state index is -0.914. The van der Waals surface area contributed by atoms with Crippen molar-refractivity contribution in [2.24, 2.45) is 40.4 Å². The average molecular weight is 512 g/mol. The van der Waals surface area contributed by atoms with Crippen LogP contribution in [0.25, 0.3) is 0 Å². The Kier molecular flexibility index (Phi) is 7.72. The first-order valence-electron chi connectivity index (χ1n) is 15.4. The van der Waals surface area contributed by atoms with Gasteiger partial charge in [0.05, 0.1) is 24.1 Å². The first-order valence-corrected chi connectivity index (χ1v) is 15.4. The molecule has 0 bridgehead atoms. The summed E-state index contributed by atoms with van der Waals surface area (Å²) in [6.07, 6.45) is 17.9. The predicted molar refractivity (Wildman–Crippen MR) is 150 cm³/mol. The number of hydrogen-bond donors (Lipinski definition) is 4. The van der Waals surface area contributed by atoms with Crippen molar-refractivity contribution in [3.63, 3.8) is 0 Å². The molecule has 5 rings (SSSR count). The lowest BCUT2D eigenvalue weighted by Crippen LogP contribution is -2.68. The van der Waals surface area contributed by atoms with Crippen molar-refractivity contribution < 1.29 is 10.2 Å². The van der Waals surface area contributed by atoms with E-state index in [-0.39, 0.29) is 11.5 Å². The maximum absolute atomic E-state index is 12.4. The highest BCUT2D eigenvalue weighted by atomic mass is 16.3. The van der Waals surface area contributed by atoms with Crippen molar-refractivity contribution in [1.29, 1.82) is 0 Å². The second-order valence-electron chi connectivity index (χ2n) is 14.3. The Morgan fingerprint density at radius 2 is 1.89 bits per heavy atom. The second-order valence-corrected chi connectivity index (χ2v) is 14.3. The number of aliphatic hydroxyl groups is 2. The third-order valence-corrected chi connectivity index (χ3v) is 11.8. The summed E-state index contributed by atoms with van der Waals surface area (Å²) >= 11 is 0. The van der Waals surface area contributed by atoms with E-state index in [2.05, 4.69) is 56.0 Å². The van der Waals surface area contributed by atoms with Crippen molar-refractivity contribution >= 4 is 0 Å². The zero-order chi connectivity index (χ0) is 26.4. The lowest BCUT2D eigenvalue weighted by atomic mass is 9.45. The van der Waals surface area contributed by atoms with Crippen LogP contribution >= 0.6 is 0 Å². The number of imidazole rings is 1. The van der Waals surface area contributed by atoms with Gasteiger partial charge in [0.25, 0.3) is 0 Å². The SMILES string of the molecule is CC(C)CCCC(C)[C@H]1CCC2C3=C[C@@H](NCCc4cnc[nH]4)[C@@]4(O)C[C@@H](O)CC[C@]4(C)C3CC[C@@]21C. The highest BCUT2D eigenvalue weighted by Crippen LogP contribution is 2.67. The molecule has 5 heteroatoms. The van der Waals surface area contributed by atoms with Crippen molar-refractivity contribution in [3.05, 3.63) is 29.9 Å².